The number of hydrogen-bond acceptors (Lipinski definition) is 5. The van der Waals surface area contributed by atoms with Crippen molar-refractivity contribution in [1.82, 2.24) is 10.2 Å². The molecule has 4 aliphatic heterocycles. The van der Waals surface area contributed by atoms with Gasteiger partial charge in [-0.3, -0.25) is 4.79 Å². The fraction of sp³-hybridized carbons (Fsp3) is 0.524. The summed E-state index contributed by atoms with van der Waals surface area (Å²) in [5.74, 6) is -0.0327. The monoisotopic (exact) mass is 383 g/mol. The molecule has 1 aromatic rings. The van der Waals surface area contributed by atoms with E-state index in [4.69, 9.17) is 4.74 Å². The lowest BCUT2D eigenvalue weighted by Gasteiger charge is -2.39. The predicted molar refractivity (Wildman–Crippen MR) is 107 cm³/mol. The maximum Gasteiger partial charge on any atom is 0.286 e. The molecule has 1 N–H and O–H groups in total. The van der Waals surface area contributed by atoms with Crippen LogP contribution in [0, 0.1) is 0 Å². The lowest BCUT2D eigenvalue weighted by Crippen LogP contribution is -2.44. The van der Waals surface area contributed by atoms with Crippen LogP contribution >= 0.6 is 11.8 Å². The van der Waals surface area contributed by atoms with E-state index in [1.54, 1.807) is 11.8 Å². The van der Waals surface area contributed by atoms with Gasteiger partial charge in [0.15, 0.2) is 5.17 Å². The molecule has 1 aromatic carbocycles. The van der Waals surface area contributed by atoms with Crippen LogP contribution in [0.2, 0.25) is 0 Å². The second kappa shape index (κ2) is 7.08. The van der Waals surface area contributed by atoms with Crippen LogP contribution in [0.4, 0.5) is 0 Å². The van der Waals surface area contributed by atoms with Gasteiger partial charge in [-0.25, -0.2) is 0 Å². The van der Waals surface area contributed by atoms with E-state index < -0.39 is 0 Å². The Balaban J connectivity index is 1.29. The van der Waals surface area contributed by atoms with Crippen molar-refractivity contribution in [3.63, 3.8) is 0 Å². The summed E-state index contributed by atoms with van der Waals surface area (Å²) in [6, 6.07) is 8.58. The normalized spacial score (nSPS) is 27.6. The van der Waals surface area contributed by atoms with Crippen LogP contribution in [-0.4, -0.2) is 42.2 Å². The molecule has 0 saturated carbocycles. The molecule has 4 aliphatic rings. The molecule has 0 atom stereocenters. The van der Waals surface area contributed by atoms with Gasteiger partial charge >= 0.3 is 0 Å². The molecule has 0 bridgehead atoms. The van der Waals surface area contributed by atoms with Gasteiger partial charge in [-0.15, -0.1) is 0 Å². The molecule has 0 aliphatic carbocycles. The van der Waals surface area contributed by atoms with Gasteiger partial charge in [0.05, 0.1) is 17.1 Å². The van der Waals surface area contributed by atoms with E-state index in [1.165, 1.54) is 16.7 Å². The molecule has 5 nitrogen and oxygen atoms in total. The zero-order valence-corrected chi connectivity index (χ0v) is 16.3. The van der Waals surface area contributed by atoms with Crippen molar-refractivity contribution in [2.45, 2.75) is 44.3 Å². The number of carbonyl (C=O) groups is 1. The number of nitrogens with zero attached hydrogens (tertiary/aromatic N) is 2. The molecule has 0 unspecified atom stereocenters. The number of hydrogen-bond donors (Lipinski definition) is 1. The minimum Gasteiger partial charge on any atom is -0.365 e. The summed E-state index contributed by atoms with van der Waals surface area (Å²) >= 11 is 1.60. The Morgan fingerprint density at radius 2 is 2.00 bits per heavy atom. The summed E-state index contributed by atoms with van der Waals surface area (Å²) in [7, 11) is 0. The highest BCUT2D eigenvalue weighted by Crippen LogP contribution is 2.45. The minimum atomic E-state index is -0.144. The number of amides is 1. The first-order chi connectivity index (χ1) is 13.3. The number of likely N-dealkylation sites (tertiary alicyclic amines) is 1. The number of ether oxygens (including phenoxy) is 1. The van der Waals surface area contributed by atoms with Crippen LogP contribution in [0.1, 0.15) is 43.2 Å². The first kappa shape index (κ1) is 17.5. The SMILES string of the molecule is O=C1N=C(N2CCC3(CC2)OCc2ccccc23)S/C1=C1/CCCNCC1. The fourth-order valence-corrected chi connectivity index (χ4v) is 5.76. The number of carbonyl (C=O) groups excluding carboxylic acids is 1. The Kier molecular flexibility index (Phi) is 4.58. The average molecular weight is 384 g/mol. The van der Waals surface area contributed by atoms with E-state index in [9.17, 15) is 4.79 Å². The van der Waals surface area contributed by atoms with E-state index in [2.05, 4.69) is 39.5 Å². The zero-order valence-electron chi connectivity index (χ0n) is 15.5. The molecule has 0 aromatic heterocycles. The van der Waals surface area contributed by atoms with Gasteiger partial charge < -0.3 is 15.0 Å². The van der Waals surface area contributed by atoms with Crippen LogP contribution in [0.25, 0.3) is 0 Å². The standard InChI is InChI=1S/C21H25N3O2S/c25-19-18(15-5-3-10-22-11-7-15)27-20(23-19)24-12-8-21(9-13-24)17-6-2-1-4-16(17)14-26-21/h1-2,4,6,22H,3,5,7-14H2/b18-15-. The molecular formula is C21H25N3O2S. The van der Waals surface area contributed by atoms with Crippen molar-refractivity contribution in [1.29, 1.82) is 0 Å². The molecule has 4 heterocycles. The van der Waals surface area contributed by atoms with Crippen LogP contribution in [0.3, 0.4) is 0 Å². The Bertz CT molecular complexity index is 814. The number of fused-ring (bicyclic) bond motifs is 2. The number of thioether (sulfide) groups is 1. The van der Waals surface area contributed by atoms with Gasteiger partial charge in [-0.1, -0.05) is 24.3 Å². The highest BCUT2D eigenvalue weighted by molar-refractivity contribution is 8.18. The molecule has 1 amide bonds. The van der Waals surface area contributed by atoms with E-state index in [1.807, 2.05) is 0 Å². The maximum atomic E-state index is 12.5. The van der Waals surface area contributed by atoms with Crippen molar-refractivity contribution in [2.24, 2.45) is 4.99 Å². The number of nitrogens with one attached hydrogen (secondary N) is 1. The first-order valence-electron chi connectivity index (χ1n) is 9.96. The van der Waals surface area contributed by atoms with Crippen LogP contribution < -0.4 is 5.32 Å². The van der Waals surface area contributed by atoms with Crippen molar-refractivity contribution >= 4 is 22.8 Å². The van der Waals surface area contributed by atoms with Crippen molar-refractivity contribution in [3.8, 4) is 0 Å². The molecule has 1 spiro atoms. The molecule has 27 heavy (non-hydrogen) atoms. The Hall–Kier alpha value is -1.63. The van der Waals surface area contributed by atoms with Gasteiger partial charge in [0.2, 0.25) is 0 Å². The van der Waals surface area contributed by atoms with Crippen molar-refractivity contribution in [2.75, 3.05) is 26.2 Å². The highest BCUT2D eigenvalue weighted by atomic mass is 32.2. The number of piperidine rings is 1. The first-order valence-corrected chi connectivity index (χ1v) is 10.8. The summed E-state index contributed by atoms with van der Waals surface area (Å²) < 4.78 is 6.26. The Labute approximate surface area is 164 Å². The summed E-state index contributed by atoms with van der Waals surface area (Å²) in [5, 5.41) is 4.30. The largest absolute Gasteiger partial charge is 0.365 e. The molecule has 6 heteroatoms. The molecule has 0 radical (unpaired) electrons. The third-order valence-corrected chi connectivity index (χ3v) is 7.39. The van der Waals surface area contributed by atoms with Gasteiger partial charge in [0.1, 0.15) is 0 Å². The smallest absolute Gasteiger partial charge is 0.286 e. The maximum absolute atomic E-state index is 12.5. The molecule has 2 saturated heterocycles. The molecule has 2 fully saturated rings. The van der Waals surface area contributed by atoms with E-state index in [0.717, 1.165) is 68.4 Å². The van der Waals surface area contributed by atoms with Crippen LogP contribution in [0.5, 0.6) is 0 Å². The molecular weight excluding hydrogens is 358 g/mol. The fourth-order valence-electron chi connectivity index (χ4n) is 4.65. The lowest BCUT2D eigenvalue weighted by atomic mass is 9.84. The number of amidine groups is 1. The van der Waals surface area contributed by atoms with Crippen molar-refractivity contribution < 1.29 is 9.53 Å². The zero-order chi connectivity index (χ0) is 18.3. The van der Waals surface area contributed by atoms with Crippen LogP contribution in [0.15, 0.2) is 39.7 Å². The summed E-state index contributed by atoms with van der Waals surface area (Å²) in [4.78, 5) is 20.1. The molecule has 142 valence electrons. The van der Waals surface area contributed by atoms with Crippen LogP contribution in [-0.2, 0) is 21.7 Å². The highest BCUT2D eigenvalue weighted by Gasteiger charge is 2.43. The summed E-state index contributed by atoms with van der Waals surface area (Å²) in [6.07, 6.45) is 4.98. The number of rotatable bonds is 0. The Morgan fingerprint density at radius 1 is 1.15 bits per heavy atom. The second-order valence-electron chi connectivity index (χ2n) is 7.76. The van der Waals surface area contributed by atoms with E-state index in [0.29, 0.717) is 6.61 Å². The third-order valence-electron chi connectivity index (χ3n) is 6.20. The summed E-state index contributed by atoms with van der Waals surface area (Å²) in [6.45, 7) is 4.49. The minimum absolute atomic E-state index is 0.0327. The second-order valence-corrected chi connectivity index (χ2v) is 8.74. The number of benzene rings is 1. The summed E-state index contributed by atoms with van der Waals surface area (Å²) in [5.41, 5.74) is 3.82. The average Bonchev–Trinajstić information content (AvgIpc) is 3.13. The quantitative estimate of drug-likeness (QED) is 0.698. The third kappa shape index (κ3) is 3.13. The number of aliphatic imine (C=N–C) groups is 1. The van der Waals surface area contributed by atoms with Gasteiger partial charge in [0.25, 0.3) is 5.91 Å². The lowest BCUT2D eigenvalue weighted by molar-refractivity contribution is -0.113. The van der Waals surface area contributed by atoms with E-state index >= 15 is 0 Å². The van der Waals surface area contributed by atoms with Gasteiger partial charge in [-0.2, -0.15) is 4.99 Å². The topological polar surface area (TPSA) is 53.9 Å². The molecule has 5 rings (SSSR count). The van der Waals surface area contributed by atoms with Gasteiger partial charge in [0, 0.05) is 13.1 Å². The van der Waals surface area contributed by atoms with Gasteiger partial charge in [-0.05, 0) is 73.7 Å². The predicted octanol–water partition coefficient (Wildman–Crippen LogP) is 3.16. The Morgan fingerprint density at radius 3 is 2.89 bits per heavy atom. The van der Waals surface area contributed by atoms with Crippen molar-refractivity contribution in [3.05, 3.63) is 45.9 Å². The van der Waals surface area contributed by atoms with E-state index in [-0.39, 0.29) is 11.5 Å².